The minimum absolute atomic E-state index is 0.139. The van der Waals surface area contributed by atoms with Crippen molar-refractivity contribution in [2.45, 2.75) is 18.9 Å². The van der Waals surface area contributed by atoms with Crippen molar-refractivity contribution in [3.63, 3.8) is 0 Å². The number of piperidine rings is 1. The molecule has 0 radical (unpaired) electrons. The van der Waals surface area contributed by atoms with Gasteiger partial charge in [-0.1, -0.05) is 18.2 Å². The topological polar surface area (TPSA) is 79.9 Å². The number of imidazole rings is 1. The summed E-state index contributed by atoms with van der Waals surface area (Å²) in [5.41, 5.74) is 9.46. The van der Waals surface area contributed by atoms with E-state index in [-0.39, 0.29) is 11.7 Å². The van der Waals surface area contributed by atoms with Crippen molar-refractivity contribution in [1.82, 2.24) is 14.5 Å². The van der Waals surface area contributed by atoms with Crippen LogP contribution >= 0.6 is 0 Å². The summed E-state index contributed by atoms with van der Waals surface area (Å²) in [5.74, 6) is 0. The van der Waals surface area contributed by atoms with Gasteiger partial charge >= 0.3 is 5.69 Å². The van der Waals surface area contributed by atoms with Crippen molar-refractivity contribution in [3.05, 3.63) is 34.7 Å². The summed E-state index contributed by atoms with van der Waals surface area (Å²) in [4.78, 5) is 21.9. The molecule has 0 saturated carbocycles. The number of nitrogens with two attached hydrogens (primary N) is 1. The first-order chi connectivity index (χ1) is 10.6. The summed E-state index contributed by atoms with van der Waals surface area (Å²) < 4.78 is 1.56. The summed E-state index contributed by atoms with van der Waals surface area (Å²) in [6.45, 7) is 1.76. The number of H-pyrrole nitrogens is 1. The minimum atomic E-state index is -0.139. The van der Waals surface area contributed by atoms with Gasteiger partial charge in [0.15, 0.2) is 5.65 Å². The first-order valence-electron chi connectivity index (χ1n) is 7.63. The molecular weight excluding hydrogens is 278 g/mol. The van der Waals surface area contributed by atoms with Gasteiger partial charge in [-0.25, -0.2) is 9.78 Å². The van der Waals surface area contributed by atoms with E-state index in [0.717, 1.165) is 48.0 Å². The Morgan fingerprint density at radius 3 is 3.00 bits per heavy atom. The van der Waals surface area contributed by atoms with Crippen LogP contribution in [0.3, 0.4) is 0 Å². The van der Waals surface area contributed by atoms with Crippen LogP contribution in [0.4, 0.5) is 5.69 Å². The highest BCUT2D eigenvalue weighted by Crippen LogP contribution is 2.33. The molecule has 1 aliphatic rings. The van der Waals surface area contributed by atoms with Crippen LogP contribution in [-0.4, -0.2) is 33.7 Å². The molecule has 3 aromatic rings. The number of pyridine rings is 1. The number of hydrogen-bond acceptors (Lipinski definition) is 4. The molecule has 3 N–H and O–H groups in total. The molecule has 6 nitrogen and oxygen atoms in total. The van der Waals surface area contributed by atoms with Crippen molar-refractivity contribution in [2.75, 3.05) is 18.0 Å². The van der Waals surface area contributed by atoms with E-state index >= 15 is 0 Å². The number of rotatable bonds is 1. The number of nitrogens with zero attached hydrogens (tertiary/aromatic N) is 3. The lowest BCUT2D eigenvalue weighted by Gasteiger charge is -2.33. The van der Waals surface area contributed by atoms with Gasteiger partial charge in [-0.05, 0) is 18.9 Å². The molecule has 2 aromatic heterocycles. The van der Waals surface area contributed by atoms with E-state index in [4.69, 9.17) is 5.73 Å². The van der Waals surface area contributed by atoms with E-state index in [1.165, 1.54) is 0 Å². The van der Waals surface area contributed by atoms with Crippen molar-refractivity contribution >= 4 is 27.8 Å². The summed E-state index contributed by atoms with van der Waals surface area (Å²) in [6.07, 6.45) is 2.12. The molecule has 3 heterocycles. The van der Waals surface area contributed by atoms with E-state index in [9.17, 15) is 4.79 Å². The quantitative estimate of drug-likeness (QED) is 0.710. The molecule has 1 unspecified atom stereocenters. The Bertz CT molecular complexity index is 910. The third-order valence-corrected chi connectivity index (χ3v) is 4.47. The molecule has 1 atom stereocenters. The summed E-state index contributed by atoms with van der Waals surface area (Å²) >= 11 is 0. The molecule has 1 aliphatic heterocycles. The zero-order chi connectivity index (χ0) is 15.3. The van der Waals surface area contributed by atoms with Crippen molar-refractivity contribution < 1.29 is 0 Å². The molecule has 0 aliphatic carbocycles. The number of aromatic nitrogens is 3. The molecule has 0 amide bonds. The first-order valence-corrected chi connectivity index (χ1v) is 7.63. The SMILES string of the molecule is Cn1c(=O)[nH]c2c(N3CCCC(N)C3)c3ccccc3nc21. The smallest absolute Gasteiger partial charge is 0.327 e. The molecular formula is C16H19N5O. The molecule has 1 saturated heterocycles. The first kappa shape index (κ1) is 13.3. The number of hydrogen-bond donors (Lipinski definition) is 2. The number of anilines is 1. The van der Waals surface area contributed by atoms with Crippen LogP contribution in [0.5, 0.6) is 0 Å². The predicted molar refractivity (Wildman–Crippen MR) is 88.3 cm³/mol. The zero-order valence-electron chi connectivity index (χ0n) is 12.5. The fourth-order valence-corrected chi connectivity index (χ4v) is 3.37. The maximum absolute atomic E-state index is 12.0. The van der Waals surface area contributed by atoms with Crippen LogP contribution < -0.4 is 16.3 Å². The molecule has 0 bridgehead atoms. The third kappa shape index (κ3) is 1.91. The van der Waals surface area contributed by atoms with E-state index < -0.39 is 0 Å². The highest BCUT2D eigenvalue weighted by atomic mass is 16.1. The Morgan fingerprint density at radius 2 is 2.18 bits per heavy atom. The Balaban J connectivity index is 2.07. The van der Waals surface area contributed by atoms with Gasteiger partial charge in [0.25, 0.3) is 0 Å². The van der Waals surface area contributed by atoms with E-state index in [1.807, 2.05) is 18.2 Å². The second-order valence-corrected chi connectivity index (χ2v) is 6.01. The van der Waals surface area contributed by atoms with Crippen molar-refractivity contribution in [2.24, 2.45) is 12.8 Å². The summed E-state index contributed by atoms with van der Waals surface area (Å²) in [5, 5.41) is 1.06. The van der Waals surface area contributed by atoms with Gasteiger partial charge < -0.3 is 15.6 Å². The van der Waals surface area contributed by atoms with Crippen LogP contribution in [0.15, 0.2) is 29.1 Å². The lowest BCUT2D eigenvalue weighted by molar-refractivity contribution is 0.507. The minimum Gasteiger partial charge on any atom is -0.368 e. The van der Waals surface area contributed by atoms with Crippen LogP contribution in [0.2, 0.25) is 0 Å². The summed E-state index contributed by atoms with van der Waals surface area (Å²) in [6, 6.07) is 8.19. The van der Waals surface area contributed by atoms with Crippen LogP contribution in [0.1, 0.15) is 12.8 Å². The average Bonchev–Trinajstić information content (AvgIpc) is 2.80. The van der Waals surface area contributed by atoms with Crippen LogP contribution in [-0.2, 0) is 7.05 Å². The lowest BCUT2D eigenvalue weighted by Crippen LogP contribution is -2.43. The summed E-state index contributed by atoms with van der Waals surface area (Å²) in [7, 11) is 1.74. The van der Waals surface area contributed by atoms with Gasteiger partial charge in [0, 0.05) is 31.6 Å². The van der Waals surface area contributed by atoms with Crippen molar-refractivity contribution in [3.8, 4) is 0 Å². The van der Waals surface area contributed by atoms with E-state index in [1.54, 1.807) is 11.6 Å². The Labute approximate surface area is 127 Å². The monoisotopic (exact) mass is 297 g/mol. The normalized spacial score (nSPS) is 19.2. The van der Waals surface area contributed by atoms with Gasteiger partial charge in [-0.3, -0.25) is 4.57 Å². The number of benzene rings is 1. The van der Waals surface area contributed by atoms with Crippen molar-refractivity contribution in [1.29, 1.82) is 0 Å². The van der Waals surface area contributed by atoms with Gasteiger partial charge in [0.05, 0.1) is 11.2 Å². The second kappa shape index (κ2) is 4.84. The standard InChI is InChI=1S/C16H19N5O/c1-20-15-13(19-16(20)22)14(21-8-4-5-10(17)9-21)11-6-2-3-7-12(11)18-15/h2-3,6-7,10H,4-5,8-9,17H2,1H3,(H,19,22). The van der Waals surface area contributed by atoms with Gasteiger partial charge in [0.1, 0.15) is 5.52 Å². The predicted octanol–water partition coefficient (Wildman–Crippen LogP) is 1.34. The molecule has 1 aromatic carbocycles. The molecule has 22 heavy (non-hydrogen) atoms. The molecule has 114 valence electrons. The number of para-hydroxylation sites is 1. The van der Waals surface area contributed by atoms with Gasteiger partial charge in [-0.2, -0.15) is 0 Å². The Hall–Kier alpha value is -2.34. The Kier molecular flexibility index (Phi) is 2.94. The lowest BCUT2D eigenvalue weighted by atomic mass is 10.0. The number of fused-ring (bicyclic) bond motifs is 2. The Morgan fingerprint density at radius 1 is 1.36 bits per heavy atom. The van der Waals surface area contributed by atoms with Crippen LogP contribution in [0, 0.1) is 0 Å². The maximum Gasteiger partial charge on any atom is 0.327 e. The van der Waals surface area contributed by atoms with Gasteiger partial charge in [0.2, 0.25) is 0 Å². The fourth-order valence-electron chi connectivity index (χ4n) is 3.37. The molecule has 6 heteroatoms. The maximum atomic E-state index is 12.0. The van der Waals surface area contributed by atoms with Gasteiger partial charge in [-0.15, -0.1) is 0 Å². The third-order valence-electron chi connectivity index (χ3n) is 4.47. The molecule has 1 fully saturated rings. The van der Waals surface area contributed by atoms with E-state index in [2.05, 4.69) is 20.9 Å². The largest absolute Gasteiger partial charge is 0.368 e. The van der Waals surface area contributed by atoms with Crippen LogP contribution in [0.25, 0.3) is 22.1 Å². The molecule has 0 spiro atoms. The number of aromatic amines is 1. The highest BCUT2D eigenvalue weighted by molar-refractivity contribution is 6.05. The number of nitrogens with one attached hydrogen (secondary N) is 1. The second-order valence-electron chi connectivity index (χ2n) is 6.01. The molecule has 4 rings (SSSR count). The number of aryl methyl sites for hydroxylation is 1. The average molecular weight is 297 g/mol. The van der Waals surface area contributed by atoms with E-state index in [0.29, 0.717) is 5.65 Å². The highest BCUT2D eigenvalue weighted by Gasteiger charge is 2.23. The zero-order valence-corrected chi connectivity index (χ0v) is 12.5. The fraction of sp³-hybridized carbons (Fsp3) is 0.375.